The number of hydrogen-bond acceptors (Lipinski definition) is 1. The van der Waals surface area contributed by atoms with E-state index in [0.29, 0.717) is 0 Å². The fraction of sp³-hybridized carbons (Fsp3) is 0.0833. The van der Waals surface area contributed by atoms with Crippen LogP contribution in [-0.4, -0.2) is 4.98 Å². The van der Waals surface area contributed by atoms with E-state index in [9.17, 15) is 4.39 Å². The van der Waals surface area contributed by atoms with Crippen molar-refractivity contribution >= 4 is 0 Å². The first-order valence-electron chi connectivity index (χ1n) is 4.36. The van der Waals surface area contributed by atoms with Crippen LogP contribution in [0.3, 0.4) is 0 Å². The number of aromatic nitrogens is 1. The third kappa shape index (κ3) is 2.95. The average molecular weight is 378 g/mol. The summed E-state index contributed by atoms with van der Waals surface area (Å²) in [7, 11) is 0. The Hall–Kier alpha value is -1.05. The van der Waals surface area contributed by atoms with E-state index in [1.165, 1.54) is 12.1 Å². The van der Waals surface area contributed by atoms with Gasteiger partial charge in [-0.05, 0) is 18.2 Å². The zero-order valence-corrected chi connectivity index (χ0v) is 10.5. The molecule has 0 aliphatic heterocycles. The van der Waals surface area contributed by atoms with Crippen LogP contribution < -0.4 is 0 Å². The van der Waals surface area contributed by atoms with Crippen molar-refractivity contribution in [1.29, 1.82) is 0 Å². The van der Waals surface area contributed by atoms with Gasteiger partial charge in [0.1, 0.15) is 0 Å². The minimum atomic E-state index is -0.277. The van der Waals surface area contributed by atoms with Crippen molar-refractivity contribution in [3.8, 4) is 11.3 Å². The Bertz CT molecular complexity index is 379. The average Bonchev–Trinajstić information content (AvgIpc) is 2.21. The van der Waals surface area contributed by atoms with Crippen molar-refractivity contribution < 1.29 is 24.5 Å². The third-order valence-corrected chi connectivity index (χ3v) is 1.96. The normalized spacial score (nSPS) is 9.47. The molecule has 1 aromatic carbocycles. The second kappa shape index (κ2) is 5.15. The van der Waals surface area contributed by atoms with Gasteiger partial charge in [-0.2, -0.15) is 0 Å². The summed E-state index contributed by atoms with van der Waals surface area (Å²) in [6.45, 7) is 1.98. The van der Waals surface area contributed by atoms with E-state index in [2.05, 4.69) is 11.1 Å². The number of halogens is 1. The predicted molar refractivity (Wildman–Crippen MR) is 53.2 cm³/mol. The smallest absolute Gasteiger partial charge is 0.0379 e. The fourth-order valence-corrected chi connectivity index (χ4v) is 1.19. The molecule has 0 bridgehead atoms. The Morgan fingerprint density at radius 1 is 1.20 bits per heavy atom. The molecule has 0 amide bonds. The number of nitrogens with zero attached hydrogens (tertiary/aromatic N) is 1. The van der Waals surface area contributed by atoms with Crippen molar-refractivity contribution in [2.75, 3.05) is 0 Å². The molecule has 0 fully saturated rings. The fourth-order valence-electron chi connectivity index (χ4n) is 1.19. The maximum atomic E-state index is 12.6. The van der Waals surface area contributed by atoms with Crippen LogP contribution in [0.25, 0.3) is 11.3 Å². The minimum Gasteiger partial charge on any atom is -0.304 e. The zero-order valence-electron chi connectivity index (χ0n) is 8.12. The van der Waals surface area contributed by atoms with Gasteiger partial charge in [0.2, 0.25) is 0 Å². The van der Waals surface area contributed by atoms with Crippen LogP contribution in [0.2, 0.25) is 0 Å². The van der Waals surface area contributed by atoms with Gasteiger partial charge in [-0.25, -0.2) is 0 Å². The quantitative estimate of drug-likeness (QED) is 0.696. The van der Waals surface area contributed by atoms with Gasteiger partial charge in [0.05, 0.1) is 0 Å². The van der Waals surface area contributed by atoms with Gasteiger partial charge in [0.25, 0.3) is 0 Å². The molecule has 0 atom stereocenters. The van der Waals surface area contributed by atoms with Crippen LogP contribution >= 0.6 is 0 Å². The minimum absolute atomic E-state index is 0. The summed E-state index contributed by atoms with van der Waals surface area (Å²) in [6.07, 6.45) is 1.78. The van der Waals surface area contributed by atoms with E-state index in [1.54, 1.807) is 12.3 Å². The summed E-state index contributed by atoms with van der Waals surface area (Å²) < 4.78 is 12.6. The Morgan fingerprint density at radius 3 is 2.53 bits per heavy atom. The monoisotopic (exact) mass is 379 g/mol. The van der Waals surface area contributed by atoms with Gasteiger partial charge in [-0.3, -0.25) is 4.39 Å². The van der Waals surface area contributed by atoms with Gasteiger partial charge in [0.15, 0.2) is 0 Å². The predicted octanol–water partition coefficient (Wildman–Crippen LogP) is 2.99. The topological polar surface area (TPSA) is 12.9 Å². The molecule has 3 heteroatoms. The largest absolute Gasteiger partial charge is 0.304 e. The Balaban J connectivity index is 0.00000112. The van der Waals surface area contributed by atoms with E-state index < -0.39 is 0 Å². The molecule has 1 radical (unpaired) electrons. The van der Waals surface area contributed by atoms with Crippen molar-refractivity contribution in [1.82, 2.24) is 4.98 Å². The summed E-state index contributed by atoms with van der Waals surface area (Å²) in [6, 6.07) is 11.1. The van der Waals surface area contributed by atoms with Gasteiger partial charge < -0.3 is 4.98 Å². The molecule has 1 aromatic heterocycles. The SMILES string of the molecule is Cc1ccc(-c2[c-]cc(F)cc2)nc1.[Ir]. The molecule has 0 aliphatic rings. The number of aryl methyl sites for hydroxylation is 1. The third-order valence-electron chi connectivity index (χ3n) is 1.96. The number of rotatable bonds is 1. The summed E-state index contributed by atoms with van der Waals surface area (Å²) in [5.74, 6) is -0.277. The van der Waals surface area contributed by atoms with E-state index >= 15 is 0 Å². The van der Waals surface area contributed by atoms with Gasteiger partial charge in [-0.1, -0.05) is 12.1 Å². The van der Waals surface area contributed by atoms with Crippen LogP contribution in [0.1, 0.15) is 5.56 Å². The summed E-state index contributed by atoms with van der Waals surface area (Å²) in [5.41, 5.74) is 2.73. The standard InChI is InChI=1S/C12H9FN.Ir/c1-9-2-7-12(14-8-9)10-3-5-11(13)6-4-10;/h2-3,5-8H,1H3;/q-1;. The molecule has 1 nitrogen and oxygen atoms in total. The maximum Gasteiger partial charge on any atom is 0.0379 e. The molecule has 1 heterocycles. The van der Waals surface area contributed by atoms with Crippen LogP contribution in [0.15, 0.2) is 36.5 Å². The van der Waals surface area contributed by atoms with Crippen molar-refractivity contribution in [2.24, 2.45) is 0 Å². The Kier molecular flexibility index (Phi) is 4.13. The van der Waals surface area contributed by atoms with Crippen molar-refractivity contribution in [2.45, 2.75) is 6.92 Å². The first-order chi connectivity index (χ1) is 6.75. The van der Waals surface area contributed by atoms with E-state index in [-0.39, 0.29) is 25.9 Å². The first-order valence-corrected chi connectivity index (χ1v) is 4.36. The molecular weight excluding hydrogens is 369 g/mol. The van der Waals surface area contributed by atoms with Gasteiger partial charge in [0, 0.05) is 32.1 Å². The molecule has 0 aliphatic carbocycles. The van der Waals surface area contributed by atoms with Crippen LogP contribution in [0, 0.1) is 18.8 Å². The second-order valence-corrected chi connectivity index (χ2v) is 3.14. The van der Waals surface area contributed by atoms with Crippen molar-refractivity contribution in [3.63, 3.8) is 0 Å². The number of pyridine rings is 1. The van der Waals surface area contributed by atoms with E-state index in [0.717, 1.165) is 16.8 Å². The first kappa shape index (κ1) is 12.0. The van der Waals surface area contributed by atoms with Crippen LogP contribution in [-0.2, 0) is 20.1 Å². The van der Waals surface area contributed by atoms with Crippen molar-refractivity contribution in [3.05, 3.63) is 54.0 Å². The molecular formula is C12H9FIrN-. The molecule has 0 saturated carbocycles. The molecule has 2 rings (SSSR count). The number of benzene rings is 1. The molecule has 0 unspecified atom stereocenters. The molecule has 2 aromatic rings. The second-order valence-electron chi connectivity index (χ2n) is 3.14. The van der Waals surface area contributed by atoms with E-state index in [1.807, 2.05) is 19.1 Å². The molecule has 0 spiro atoms. The summed E-state index contributed by atoms with van der Waals surface area (Å²) in [4.78, 5) is 4.22. The maximum absolute atomic E-state index is 12.6. The molecule has 0 N–H and O–H groups in total. The molecule has 79 valence electrons. The zero-order chi connectivity index (χ0) is 9.97. The van der Waals surface area contributed by atoms with Gasteiger partial charge >= 0.3 is 0 Å². The molecule has 0 saturated heterocycles. The van der Waals surface area contributed by atoms with Crippen LogP contribution in [0.4, 0.5) is 4.39 Å². The molecule has 15 heavy (non-hydrogen) atoms. The van der Waals surface area contributed by atoms with Gasteiger partial charge in [-0.15, -0.1) is 29.8 Å². The Morgan fingerprint density at radius 2 is 2.00 bits per heavy atom. The van der Waals surface area contributed by atoms with Crippen LogP contribution in [0.5, 0.6) is 0 Å². The summed E-state index contributed by atoms with van der Waals surface area (Å²) >= 11 is 0. The Labute approximate surface area is 102 Å². The number of hydrogen-bond donors (Lipinski definition) is 0. The van der Waals surface area contributed by atoms with E-state index in [4.69, 9.17) is 0 Å². The summed E-state index contributed by atoms with van der Waals surface area (Å²) in [5, 5.41) is 0.